The van der Waals surface area contributed by atoms with E-state index in [2.05, 4.69) is 21.3 Å². The highest BCUT2D eigenvalue weighted by atomic mass is 32.2. The SMILES string of the molecule is CC(C)[C@H]1NC(=O)C(CC(N)=O)NC(=O)[C@H](C)NC(=O)C(CO)NC(=O)C(N)CSC1C(=O)O. The summed E-state index contributed by atoms with van der Waals surface area (Å²) in [6.07, 6.45) is -0.575. The van der Waals surface area contributed by atoms with Crippen LogP contribution in [0.2, 0.25) is 0 Å². The Morgan fingerprint density at radius 1 is 1.00 bits per heavy atom. The smallest absolute Gasteiger partial charge is 0.318 e. The average molecular weight is 505 g/mol. The minimum Gasteiger partial charge on any atom is -0.480 e. The quantitative estimate of drug-likeness (QED) is 0.180. The van der Waals surface area contributed by atoms with Crippen molar-refractivity contribution < 1.29 is 39.0 Å². The molecule has 0 aromatic rings. The minimum atomic E-state index is -1.44. The van der Waals surface area contributed by atoms with Crippen LogP contribution in [-0.4, -0.2) is 93.5 Å². The number of aliphatic hydroxyl groups excluding tert-OH is 1. The molecule has 14 nitrogen and oxygen atoms in total. The number of nitrogens with one attached hydrogen (secondary N) is 4. The topological polar surface area (TPSA) is 243 Å². The van der Waals surface area contributed by atoms with Gasteiger partial charge >= 0.3 is 5.97 Å². The Morgan fingerprint density at radius 3 is 2.06 bits per heavy atom. The van der Waals surface area contributed by atoms with Gasteiger partial charge in [-0.2, -0.15) is 0 Å². The van der Waals surface area contributed by atoms with Crippen molar-refractivity contribution in [2.24, 2.45) is 17.4 Å². The number of primary amides is 1. The van der Waals surface area contributed by atoms with Crippen LogP contribution in [0.4, 0.5) is 0 Å². The molecule has 0 spiro atoms. The lowest BCUT2D eigenvalue weighted by molar-refractivity contribution is -0.138. The molecule has 0 saturated carbocycles. The maximum absolute atomic E-state index is 12.9. The van der Waals surface area contributed by atoms with E-state index >= 15 is 0 Å². The molecule has 0 aromatic carbocycles. The Hall–Kier alpha value is -2.91. The Kier molecular flexibility index (Phi) is 11.2. The predicted octanol–water partition coefficient (Wildman–Crippen LogP) is -4.00. The number of aliphatic carboxylic acids is 1. The molecular formula is C19H32N6O8S. The molecule has 0 bridgehead atoms. The van der Waals surface area contributed by atoms with E-state index in [4.69, 9.17) is 11.5 Å². The summed E-state index contributed by atoms with van der Waals surface area (Å²) >= 11 is 0.799. The zero-order valence-corrected chi connectivity index (χ0v) is 19.9. The normalized spacial score (nSPS) is 30.1. The molecule has 34 heavy (non-hydrogen) atoms. The van der Waals surface area contributed by atoms with E-state index in [0.29, 0.717) is 0 Å². The molecule has 0 aliphatic carbocycles. The number of amides is 5. The molecule has 1 rings (SSSR count). The fourth-order valence-corrected chi connectivity index (χ4v) is 4.33. The van der Waals surface area contributed by atoms with Gasteiger partial charge in [0.05, 0.1) is 25.1 Å². The van der Waals surface area contributed by atoms with Crippen molar-refractivity contribution in [3.8, 4) is 0 Å². The lowest BCUT2D eigenvalue weighted by Gasteiger charge is -2.31. The van der Waals surface area contributed by atoms with Gasteiger partial charge in [0.1, 0.15) is 23.4 Å². The zero-order valence-electron chi connectivity index (χ0n) is 19.1. The van der Waals surface area contributed by atoms with Gasteiger partial charge in [-0.1, -0.05) is 13.8 Å². The Balaban J connectivity index is 3.37. The molecule has 0 aromatic heterocycles. The van der Waals surface area contributed by atoms with Gasteiger partial charge in [-0.15, -0.1) is 11.8 Å². The average Bonchev–Trinajstić information content (AvgIpc) is 2.74. The molecule has 1 fully saturated rings. The number of carboxylic acids is 1. The van der Waals surface area contributed by atoms with Gasteiger partial charge in [-0.25, -0.2) is 0 Å². The van der Waals surface area contributed by atoms with Crippen LogP contribution in [-0.2, 0) is 28.8 Å². The third-order valence-corrected chi connectivity index (χ3v) is 6.40. The van der Waals surface area contributed by atoms with E-state index in [1.54, 1.807) is 13.8 Å². The largest absolute Gasteiger partial charge is 0.480 e. The number of aliphatic hydroxyl groups is 1. The van der Waals surface area contributed by atoms with Crippen molar-refractivity contribution in [2.45, 2.75) is 62.7 Å². The first-order chi connectivity index (χ1) is 15.8. The Labute approximate surface area is 200 Å². The summed E-state index contributed by atoms with van der Waals surface area (Å²) in [6, 6.07) is -6.31. The van der Waals surface area contributed by atoms with Crippen molar-refractivity contribution in [3.05, 3.63) is 0 Å². The van der Waals surface area contributed by atoms with Crippen LogP contribution in [0, 0.1) is 5.92 Å². The number of nitrogens with two attached hydrogens (primary N) is 2. The zero-order chi connectivity index (χ0) is 26.2. The van der Waals surface area contributed by atoms with Gasteiger partial charge < -0.3 is 42.9 Å². The molecule has 10 N–H and O–H groups in total. The standard InChI is InChI=1S/C19H32N6O8S/c1-7(2)13-14(19(32)33)34-6-9(20)16(29)24-11(5-26)18(31)22-8(3)15(28)23-10(4-12(21)27)17(30)25-13/h7-11,13-14,26H,4-6,20H2,1-3H3,(H2,21,27)(H,22,31)(H,23,28)(H,24,29)(H,25,30)(H,32,33)/t8-,9?,10?,11?,13+,14?/m0/s1. The van der Waals surface area contributed by atoms with Crippen LogP contribution in [0.3, 0.4) is 0 Å². The monoisotopic (exact) mass is 504 g/mol. The van der Waals surface area contributed by atoms with Gasteiger partial charge in [0.15, 0.2) is 0 Å². The maximum atomic E-state index is 12.9. The number of hydrogen-bond acceptors (Lipinski definition) is 9. The van der Waals surface area contributed by atoms with Crippen LogP contribution >= 0.6 is 11.8 Å². The second kappa shape index (κ2) is 13.1. The molecule has 1 saturated heterocycles. The highest BCUT2D eigenvalue weighted by molar-refractivity contribution is 8.00. The van der Waals surface area contributed by atoms with Gasteiger partial charge in [0.25, 0.3) is 0 Å². The first kappa shape index (κ1) is 29.1. The number of thioether (sulfide) groups is 1. The second-order valence-corrected chi connectivity index (χ2v) is 9.36. The van der Waals surface area contributed by atoms with E-state index in [1.807, 2.05) is 0 Å². The van der Waals surface area contributed by atoms with Crippen LogP contribution in [0.5, 0.6) is 0 Å². The molecule has 1 aliphatic rings. The van der Waals surface area contributed by atoms with E-state index < -0.39 is 89.9 Å². The lowest BCUT2D eigenvalue weighted by Crippen LogP contribution is -2.60. The number of hydrogen-bond donors (Lipinski definition) is 8. The summed E-state index contributed by atoms with van der Waals surface area (Å²) in [6.45, 7) is 3.81. The molecular weight excluding hydrogens is 472 g/mol. The molecule has 1 aliphatic heterocycles. The molecule has 192 valence electrons. The lowest BCUT2D eigenvalue weighted by atomic mass is 9.99. The first-order valence-electron chi connectivity index (χ1n) is 10.5. The highest BCUT2D eigenvalue weighted by Crippen LogP contribution is 2.22. The predicted molar refractivity (Wildman–Crippen MR) is 121 cm³/mol. The summed E-state index contributed by atoms with van der Waals surface area (Å²) in [5.41, 5.74) is 11.0. The third kappa shape index (κ3) is 8.46. The number of carbonyl (C=O) groups is 6. The molecule has 1 heterocycles. The van der Waals surface area contributed by atoms with E-state index in [9.17, 15) is 39.0 Å². The number of rotatable bonds is 5. The van der Waals surface area contributed by atoms with E-state index in [1.165, 1.54) is 6.92 Å². The summed E-state index contributed by atoms with van der Waals surface area (Å²) in [7, 11) is 0. The Bertz CT molecular complexity index is 810. The van der Waals surface area contributed by atoms with Crippen LogP contribution in [0.25, 0.3) is 0 Å². The van der Waals surface area contributed by atoms with E-state index in [0.717, 1.165) is 11.8 Å². The van der Waals surface area contributed by atoms with Crippen molar-refractivity contribution >= 4 is 47.3 Å². The number of carbonyl (C=O) groups excluding carboxylic acids is 5. The molecule has 15 heteroatoms. The molecule has 0 radical (unpaired) electrons. The van der Waals surface area contributed by atoms with Crippen molar-refractivity contribution in [2.75, 3.05) is 12.4 Å². The summed E-state index contributed by atoms with van der Waals surface area (Å²) in [5.74, 6) is -6.18. The summed E-state index contributed by atoms with van der Waals surface area (Å²) in [4.78, 5) is 73.7. The van der Waals surface area contributed by atoms with Gasteiger partial charge in [-0.3, -0.25) is 28.8 Å². The van der Waals surface area contributed by atoms with Gasteiger partial charge in [0, 0.05) is 5.75 Å². The van der Waals surface area contributed by atoms with Crippen LogP contribution in [0.15, 0.2) is 0 Å². The summed E-state index contributed by atoms with van der Waals surface area (Å²) < 4.78 is 0. The fourth-order valence-electron chi connectivity index (χ4n) is 3.03. The second-order valence-electron chi connectivity index (χ2n) is 8.18. The first-order valence-corrected chi connectivity index (χ1v) is 11.5. The maximum Gasteiger partial charge on any atom is 0.318 e. The summed E-state index contributed by atoms with van der Waals surface area (Å²) in [5, 5.41) is 27.4. The van der Waals surface area contributed by atoms with Crippen molar-refractivity contribution in [1.82, 2.24) is 21.3 Å². The Morgan fingerprint density at radius 2 is 1.56 bits per heavy atom. The van der Waals surface area contributed by atoms with Gasteiger partial charge in [0.2, 0.25) is 29.5 Å². The third-order valence-electron chi connectivity index (χ3n) is 4.99. The molecule has 6 atom stereocenters. The van der Waals surface area contributed by atoms with Crippen molar-refractivity contribution in [1.29, 1.82) is 0 Å². The highest BCUT2D eigenvalue weighted by Gasteiger charge is 2.36. The van der Waals surface area contributed by atoms with Gasteiger partial charge in [-0.05, 0) is 12.8 Å². The minimum absolute atomic E-state index is 0.181. The van der Waals surface area contributed by atoms with Crippen molar-refractivity contribution in [3.63, 3.8) is 0 Å². The van der Waals surface area contributed by atoms with Crippen LogP contribution in [0.1, 0.15) is 27.2 Å². The number of carboxylic acid groups (broad SMARTS) is 1. The molecule has 4 unspecified atom stereocenters. The molecule has 5 amide bonds. The fraction of sp³-hybridized carbons (Fsp3) is 0.684. The van der Waals surface area contributed by atoms with Crippen LogP contribution < -0.4 is 32.7 Å². The van der Waals surface area contributed by atoms with E-state index in [-0.39, 0.29) is 5.75 Å².